The van der Waals surface area contributed by atoms with Crippen LogP contribution in [-0.4, -0.2) is 21.1 Å². The fourth-order valence-electron chi connectivity index (χ4n) is 7.19. The highest BCUT2D eigenvalue weighted by atomic mass is 16.5. The van der Waals surface area contributed by atoms with Crippen LogP contribution in [0.15, 0.2) is 156 Å². The molecule has 2 atom stereocenters. The lowest BCUT2D eigenvalue weighted by Gasteiger charge is -2.22. The first-order valence-electron chi connectivity index (χ1n) is 16.2. The van der Waals surface area contributed by atoms with E-state index in [1.54, 1.807) is 0 Å². The van der Waals surface area contributed by atoms with Gasteiger partial charge in [0.2, 0.25) is 0 Å². The van der Waals surface area contributed by atoms with Crippen molar-refractivity contribution >= 4 is 38.3 Å². The smallest absolute Gasteiger partial charge is 0.164 e. The number of hydrogen-bond acceptors (Lipinski definition) is 5. The van der Waals surface area contributed by atoms with Crippen molar-refractivity contribution in [2.45, 2.75) is 12.0 Å². The predicted molar refractivity (Wildman–Crippen MR) is 192 cm³/mol. The number of allylic oxidation sites excluding steroid dienone is 2. The van der Waals surface area contributed by atoms with Gasteiger partial charge in [0.15, 0.2) is 17.5 Å². The number of furan rings is 1. The van der Waals surface area contributed by atoms with Crippen molar-refractivity contribution in [3.8, 4) is 39.7 Å². The highest BCUT2D eigenvalue weighted by Crippen LogP contribution is 2.51. The summed E-state index contributed by atoms with van der Waals surface area (Å²) in [4.78, 5) is 15.3. The molecular formula is C43H27N3O2. The van der Waals surface area contributed by atoms with Crippen molar-refractivity contribution in [3.63, 3.8) is 0 Å². The van der Waals surface area contributed by atoms with E-state index in [2.05, 4.69) is 91.0 Å². The molecule has 0 N–H and O–H groups in total. The summed E-state index contributed by atoms with van der Waals surface area (Å²) in [5.41, 5.74) is 7.89. The van der Waals surface area contributed by atoms with Crippen LogP contribution < -0.4 is 4.74 Å². The molecule has 0 spiro atoms. The van der Waals surface area contributed by atoms with Gasteiger partial charge in [0.25, 0.3) is 0 Å². The van der Waals surface area contributed by atoms with E-state index in [4.69, 9.17) is 24.1 Å². The molecule has 2 aliphatic rings. The van der Waals surface area contributed by atoms with Crippen LogP contribution in [-0.2, 0) is 0 Å². The zero-order valence-corrected chi connectivity index (χ0v) is 25.7. The largest absolute Gasteiger partial charge is 0.484 e. The Morgan fingerprint density at radius 3 is 2.19 bits per heavy atom. The van der Waals surface area contributed by atoms with Crippen LogP contribution in [0.2, 0.25) is 0 Å². The van der Waals surface area contributed by atoms with Crippen molar-refractivity contribution in [1.82, 2.24) is 15.0 Å². The van der Waals surface area contributed by atoms with Gasteiger partial charge in [-0.3, -0.25) is 0 Å². The first-order valence-corrected chi connectivity index (χ1v) is 16.2. The minimum atomic E-state index is -0.171. The SMILES string of the molecule is C1=CC2Oc3c(-c4ccc5ccccc5c4)cccc3C2C(c2nc(-c3ccccc3)nc(-c3ccc4oc5ccccc5c4c3)n2)=C1. The number of aromatic nitrogens is 3. The van der Waals surface area contributed by atoms with E-state index in [9.17, 15) is 0 Å². The van der Waals surface area contributed by atoms with Crippen LogP contribution in [0.3, 0.4) is 0 Å². The van der Waals surface area contributed by atoms with Crippen molar-refractivity contribution in [1.29, 1.82) is 0 Å². The molecule has 0 radical (unpaired) electrons. The average molecular weight is 618 g/mol. The summed E-state index contributed by atoms with van der Waals surface area (Å²) in [6, 6.07) is 45.9. The summed E-state index contributed by atoms with van der Waals surface area (Å²) in [7, 11) is 0. The molecule has 2 unspecified atom stereocenters. The van der Waals surface area contributed by atoms with Gasteiger partial charge in [0.1, 0.15) is 23.0 Å². The number of rotatable bonds is 4. The third-order valence-corrected chi connectivity index (χ3v) is 9.50. The van der Waals surface area contributed by atoms with E-state index in [-0.39, 0.29) is 12.0 Å². The lowest BCUT2D eigenvalue weighted by atomic mass is 9.83. The first-order chi connectivity index (χ1) is 23.8. The molecule has 226 valence electrons. The second kappa shape index (κ2) is 10.6. The Bertz CT molecular complexity index is 2620. The Morgan fingerprint density at radius 1 is 0.521 bits per heavy atom. The van der Waals surface area contributed by atoms with E-state index in [0.29, 0.717) is 17.5 Å². The molecule has 1 aliphatic carbocycles. The summed E-state index contributed by atoms with van der Waals surface area (Å²) in [5, 5.41) is 4.52. The minimum absolute atomic E-state index is 0.0652. The molecule has 0 amide bonds. The number of fused-ring (bicyclic) bond motifs is 7. The third-order valence-electron chi connectivity index (χ3n) is 9.50. The molecular weight excluding hydrogens is 590 g/mol. The first kappa shape index (κ1) is 26.8. The maximum atomic E-state index is 6.76. The van der Waals surface area contributed by atoms with Gasteiger partial charge in [0, 0.05) is 38.6 Å². The van der Waals surface area contributed by atoms with Crippen molar-refractivity contribution in [2.24, 2.45) is 0 Å². The van der Waals surface area contributed by atoms with Crippen molar-refractivity contribution in [2.75, 3.05) is 0 Å². The van der Waals surface area contributed by atoms with Crippen molar-refractivity contribution in [3.05, 3.63) is 163 Å². The maximum Gasteiger partial charge on any atom is 0.164 e. The van der Waals surface area contributed by atoms with Crippen LogP contribution in [0, 0.1) is 0 Å². The molecule has 5 nitrogen and oxygen atoms in total. The monoisotopic (exact) mass is 617 g/mol. The van der Waals surface area contributed by atoms with E-state index in [1.807, 2.05) is 60.7 Å². The van der Waals surface area contributed by atoms with Gasteiger partial charge >= 0.3 is 0 Å². The van der Waals surface area contributed by atoms with Gasteiger partial charge in [-0.15, -0.1) is 0 Å². The Morgan fingerprint density at radius 2 is 1.27 bits per heavy atom. The fraction of sp³-hybridized carbons (Fsp3) is 0.0465. The molecule has 6 aromatic carbocycles. The number of benzene rings is 6. The second-order valence-electron chi connectivity index (χ2n) is 12.3. The lowest BCUT2D eigenvalue weighted by Crippen LogP contribution is -2.20. The van der Waals surface area contributed by atoms with Crippen LogP contribution in [0.5, 0.6) is 5.75 Å². The van der Waals surface area contributed by atoms with E-state index in [0.717, 1.165) is 61.1 Å². The Balaban J connectivity index is 1.12. The highest BCUT2D eigenvalue weighted by Gasteiger charge is 2.40. The van der Waals surface area contributed by atoms with Crippen LogP contribution >= 0.6 is 0 Å². The van der Waals surface area contributed by atoms with Crippen LogP contribution in [0.25, 0.3) is 72.2 Å². The standard InChI is InChI=1S/C43H27N3O2/c1-2-11-27(12-3-1)41-44-42(30-22-23-37-35(25-30)32-14-6-7-18-36(32)47-37)46-43(45-41)34-17-9-19-38-39(34)33-16-8-15-31(40(33)48-38)29-21-20-26-10-4-5-13-28(26)24-29/h1-25,38-39H. The molecule has 10 rings (SSSR count). The molecule has 2 aromatic heterocycles. The van der Waals surface area contributed by atoms with E-state index in [1.165, 1.54) is 10.8 Å². The van der Waals surface area contributed by atoms with Crippen LogP contribution in [0.4, 0.5) is 0 Å². The molecule has 0 saturated heterocycles. The van der Waals surface area contributed by atoms with Gasteiger partial charge < -0.3 is 9.15 Å². The maximum absolute atomic E-state index is 6.76. The van der Waals surface area contributed by atoms with E-state index >= 15 is 0 Å². The summed E-state index contributed by atoms with van der Waals surface area (Å²) >= 11 is 0. The van der Waals surface area contributed by atoms with Crippen molar-refractivity contribution < 1.29 is 9.15 Å². The van der Waals surface area contributed by atoms with Gasteiger partial charge in [-0.2, -0.15) is 0 Å². The molecule has 0 bridgehead atoms. The number of hydrogen-bond donors (Lipinski definition) is 0. The summed E-state index contributed by atoms with van der Waals surface area (Å²) in [6.07, 6.45) is 6.16. The quantitative estimate of drug-likeness (QED) is 0.197. The normalized spacial score (nSPS) is 16.5. The average Bonchev–Trinajstić information content (AvgIpc) is 3.73. The topological polar surface area (TPSA) is 61.0 Å². The molecule has 0 saturated carbocycles. The molecule has 1 aliphatic heterocycles. The molecule has 48 heavy (non-hydrogen) atoms. The molecule has 3 heterocycles. The van der Waals surface area contributed by atoms with E-state index < -0.39 is 0 Å². The molecule has 0 fully saturated rings. The number of nitrogens with zero attached hydrogens (tertiary/aromatic N) is 3. The van der Waals surface area contributed by atoms with Gasteiger partial charge in [0.05, 0.1) is 5.92 Å². The molecule has 5 heteroatoms. The highest BCUT2D eigenvalue weighted by molar-refractivity contribution is 6.06. The summed E-state index contributed by atoms with van der Waals surface area (Å²) in [6.45, 7) is 0. The Kier molecular flexibility index (Phi) is 5.93. The molecule has 8 aromatic rings. The summed E-state index contributed by atoms with van der Waals surface area (Å²) in [5.74, 6) is 2.73. The zero-order chi connectivity index (χ0) is 31.6. The van der Waals surface area contributed by atoms with Gasteiger partial charge in [-0.25, -0.2) is 15.0 Å². The minimum Gasteiger partial charge on any atom is -0.484 e. The second-order valence-corrected chi connectivity index (χ2v) is 12.3. The Hall–Kier alpha value is -6.33. The van der Waals surface area contributed by atoms with Crippen LogP contribution in [0.1, 0.15) is 17.3 Å². The predicted octanol–water partition coefficient (Wildman–Crippen LogP) is 10.4. The number of ether oxygens (including phenoxy) is 1. The fourth-order valence-corrected chi connectivity index (χ4v) is 7.19. The summed E-state index contributed by atoms with van der Waals surface area (Å²) < 4.78 is 12.9. The van der Waals surface area contributed by atoms with Gasteiger partial charge in [-0.05, 0) is 52.7 Å². The van der Waals surface area contributed by atoms with Gasteiger partial charge in [-0.1, -0.05) is 115 Å². The Labute approximate surface area is 276 Å². The third kappa shape index (κ3) is 4.28. The lowest BCUT2D eigenvalue weighted by molar-refractivity contribution is 0.272. The number of para-hydroxylation sites is 2. The zero-order valence-electron chi connectivity index (χ0n) is 25.7.